The fourth-order valence-electron chi connectivity index (χ4n) is 4.10. The standard InChI is InChI=1S/C22H24N6O4/c1-11-8-28(21-17(11)20(23)25-10-26-21)22-19(30)18(29)15(32-22)9-31-13-4-5-14-12(7-13)3-6-16(24-2)27-14/h3-8,10,15,18-19,22,29-30H,9H2,1-2H3,(H,24,27)(H2,23,25,26)/t15-,18-,19-,22-/m1/s1. The lowest BCUT2D eigenvalue weighted by Crippen LogP contribution is -2.34. The Kier molecular flexibility index (Phi) is 5.04. The average molecular weight is 436 g/mol. The van der Waals surface area contributed by atoms with E-state index in [0.29, 0.717) is 22.6 Å². The summed E-state index contributed by atoms with van der Waals surface area (Å²) in [6.45, 7) is 1.95. The number of rotatable bonds is 5. The van der Waals surface area contributed by atoms with E-state index in [1.807, 2.05) is 44.3 Å². The minimum absolute atomic E-state index is 0.0670. The third-order valence-electron chi connectivity index (χ3n) is 5.77. The van der Waals surface area contributed by atoms with Crippen molar-refractivity contribution >= 4 is 33.6 Å². The van der Waals surface area contributed by atoms with Gasteiger partial charge >= 0.3 is 0 Å². The molecule has 32 heavy (non-hydrogen) atoms. The number of ether oxygens (including phenoxy) is 2. The van der Waals surface area contributed by atoms with Crippen LogP contribution in [-0.4, -0.2) is 61.7 Å². The van der Waals surface area contributed by atoms with E-state index in [1.165, 1.54) is 6.33 Å². The van der Waals surface area contributed by atoms with Crippen LogP contribution in [0.5, 0.6) is 5.75 Å². The van der Waals surface area contributed by atoms with Gasteiger partial charge in [0.05, 0.1) is 10.9 Å². The van der Waals surface area contributed by atoms with E-state index in [1.54, 1.807) is 10.8 Å². The van der Waals surface area contributed by atoms with Gasteiger partial charge < -0.3 is 35.3 Å². The Morgan fingerprint density at radius 2 is 2.03 bits per heavy atom. The lowest BCUT2D eigenvalue weighted by atomic mass is 10.1. The molecule has 5 N–H and O–H groups in total. The van der Waals surface area contributed by atoms with E-state index in [2.05, 4.69) is 20.3 Å². The van der Waals surface area contributed by atoms with E-state index in [4.69, 9.17) is 15.2 Å². The highest BCUT2D eigenvalue weighted by Crippen LogP contribution is 2.34. The van der Waals surface area contributed by atoms with Crippen molar-refractivity contribution in [1.29, 1.82) is 0 Å². The summed E-state index contributed by atoms with van der Waals surface area (Å²) in [4.78, 5) is 12.8. The van der Waals surface area contributed by atoms with Crippen molar-refractivity contribution in [3.05, 3.63) is 48.4 Å². The number of nitrogens with one attached hydrogen (secondary N) is 1. The van der Waals surface area contributed by atoms with Crippen molar-refractivity contribution < 1.29 is 19.7 Å². The Morgan fingerprint density at radius 3 is 2.84 bits per heavy atom. The predicted octanol–water partition coefficient (Wildman–Crippen LogP) is 1.61. The number of nitrogen functional groups attached to an aromatic ring is 1. The molecule has 4 heterocycles. The van der Waals surface area contributed by atoms with Crippen molar-refractivity contribution in [1.82, 2.24) is 19.5 Å². The average Bonchev–Trinajstić information content (AvgIpc) is 3.29. The number of aliphatic hydroxyl groups excluding tert-OH is 2. The molecule has 4 atom stereocenters. The Bertz CT molecular complexity index is 1290. The number of anilines is 2. The minimum atomic E-state index is -1.16. The molecule has 10 nitrogen and oxygen atoms in total. The number of nitrogens with two attached hydrogens (primary N) is 1. The Morgan fingerprint density at radius 1 is 1.19 bits per heavy atom. The van der Waals surface area contributed by atoms with Gasteiger partial charge in [-0.25, -0.2) is 15.0 Å². The number of benzene rings is 1. The summed E-state index contributed by atoms with van der Waals surface area (Å²) in [5.74, 6) is 1.76. The SMILES string of the molecule is CNc1ccc2cc(OC[C@H]3O[C@@H](n4cc(C)c5c(N)ncnc54)[C@H](O)[C@@H]3O)ccc2n1. The summed E-state index contributed by atoms with van der Waals surface area (Å²) in [6.07, 6.45) is -0.694. The van der Waals surface area contributed by atoms with Gasteiger partial charge in [-0.15, -0.1) is 0 Å². The van der Waals surface area contributed by atoms with Crippen LogP contribution in [0, 0.1) is 6.92 Å². The maximum absolute atomic E-state index is 10.7. The molecule has 1 aromatic carbocycles. The van der Waals surface area contributed by atoms with Crippen LogP contribution in [0.4, 0.5) is 11.6 Å². The molecule has 1 saturated heterocycles. The summed E-state index contributed by atoms with van der Waals surface area (Å²) >= 11 is 0. The molecule has 0 spiro atoms. The molecule has 0 amide bonds. The lowest BCUT2D eigenvalue weighted by Gasteiger charge is -2.17. The first-order valence-electron chi connectivity index (χ1n) is 10.3. The molecule has 3 aromatic heterocycles. The first-order valence-corrected chi connectivity index (χ1v) is 10.3. The van der Waals surface area contributed by atoms with Crippen LogP contribution in [0.2, 0.25) is 0 Å². The van der Waals surface area contributed by atoms with Gasteiger partial charge in [0.1, 0.15) is 54.3 Å². The van der Waals surface area contributed by atoms with Gasteiger partial charge in [-0.2, -0.15) is 0 Å². The summed E-state index contributed by atoms with van der Waals surface area (Å²) in [6, 6.07) is 9.39. The zero-order valence-corrected chi connectivity index (χ0v) is 17.6. The Hall–Kier alpha value is -3.47. The molecule has 1 aliphatic heterocycles. The molecular formula is C22H24N6O4. The predicted molar refractivity (Wildman–Crippen MR) is 119 cm³/mol. The summed E-state index contributed by atoms with van der Waals surface area (Å²) in [5, 5.41) is 25.9. The molecule has 5 rings (SSSR count). The molecule has 0 radical (unpaired) electrons. The number of aryl methyl sites for hydroxylation is 1. The van der Waals surface area contributed by atoms with E-state index in [-0.39, 0.29) is 6.61 Å². The molecule has 4 aromatic rings. The van der Waals surface area contributed by atoms with Crippen molar-refractivity contribution in [2.75, 3.05) is 24.7 Å². The zero-order chi connectivity index (χ0) is 22.4. The normalized spacial score (nSPS) is 23.1. The minimum Gasteiger partial charge on any atom is -0.491 e. The quantitative estimate of drug-likeness (QED) is 0.367. The number of nitrogens with zero attached hydrogens (tertiary/aromatic N) is 4. The van der Waals surface area contributed by atoms with Gasteiger partial charge in [-0.1, -0.05) is 0 Å². The van der Waals surface area contributed by atoms with Gasteiger partial charge in [-0.05, 0) is 42.8 Å². The fourth-order valence-corrected chi connectivity index (χ4v) is 4.10. The molecule has 10 heteroatoms. The third-order valence-corrected chi connectivity index (χ3v) is 5.77. The van der Waals surface area contributed by atoms with Crippen molar-refractivity contribution in [3.8, 4) is 5.75 Å². The monoisotopic (exact) mass is 436 g/mol. The lowest BCUT2D eigenvalue weighted by molar-refractivity contribution is -0.0472. The topological polar surface area (TPSA) is 141 Å². The summed E-state index contributed by atoms with van der Waals surface area (Å²) < 4.78 is 13.5. The number of aromatic nitrogens is 4. The van der Waals surface area contributed by atoms with E-state index in [0.717, 1.165) is 22.3 Å². The number of aliphatic hydroxyl groups is 2. The summed E-state index contributed by atoms with van der Waals surface area (Å²) in [5.41, 5.74) is 8.22. The summed E-state index contributed by atoms with van der Waals surface area (Å²) in [7, 11) is 1.82. The molecule has 0 unspecified atom stereocenters. The maximum atomic E-state index is 10.7. The molecule has 1 aliphatic rings. The van der Waals surface area contributed by atoms with Crippen LogP contribution in [0.3, 0.4) is 0 Å². The first-order chi connectivity index (χ1) is 15.5. The van der Waals surface area contributed by atoms with E-state index < -0.39 is 24.5 Å². The number of fused-ring (bicyclic) bond motifs is 2. The van der Waals surface area contributed by atoms with Crippen LogP contribution in [0.1, 0.15) is 11.8 Å². The molecule has 166 valence electrons. The van der Waals surface area contributed by atoms with Crippen LogP contribution in [-0.2, 0) is 4.74 Å². The Balaban J connectivity index is 1.34. The van der Waals surface area contributed by atoms with Crippen molar-refractivity contribution in [2.24, 2.45) is 0 Å². The van der Waals surface area contributed by atoms with Gasteiger partial charge in [0.15, 0.2) is 6.23 Å². The molecule has 0 aliphatic carbocycles. The largest absolute Gasteiger partial charge is 0.491 e. The third kappa shape index (κ3) is 3.38. The zero-order valence-electron chi connectivity index (χ0n) is 17.6. The van der Waals surface area contributed by atoms with E-state index in [9.17, 15) is 10.2 Å². The molecule has 0 saturated carbocycles. The number of hydrogen-bond donors (Lipinski definition) is 4. The highest BCUT2D eigenvalue weighted by atomic mass is 16.6. The van der Waals surface area contributed by atoms with Gasteiger partial charge in [0.2, 0.25) is 0 Å². The van der Waals surface area contributed by atoms with Crippen LogP contribution in [0.25, 0.3) is 21.9 Å². The number of hydrogen-bond acceptors (Lipinski definition) is 9. The highest BCUT2D eigenvalue weighted by molar-refractivity contribution is 5.89. The highest BCUT2D eigenvalue weighted by Gasteiger charge is 2.44. The maximum Gasteiger partial charge on any atom is 0.164 e. The Labute approximate surface area is 183 Å². The van der Waals surface area contributed by atoms with Gasteiger partial charge in [-0.3, -0.25) is 0 Å². The fraction of sp³-hybridized carbons (Fsp3) is 0.318. The number of pyridine rings is 1. The van der Waals surface area contributed by atoms with E-state index >= 15 is 0 Å². The molecule has 0 bridgehead atoms. The second kappa shape index (κ2) is 7.90. The molecule has 1 fully saturated rings. The smallest absolute Gasteiger partial charge is 0.164 e. The van der Waals surface area contributed by atoms with Crippen LogP contribution in [0.15, 0.2) is 42.9 Å². The van der Waals surface area contributed by atoms with Crippen molar-refractivity contribution in [3.63, 3.8) is 0 Å². The van der Waals surface area contributed by atoms with Gasteiger partial charge in [0, 0.05) is 18.6 Å². The second-order valence-electron chi connectivity index (χ2n) is 7.84. The molecular weight excluding hydrogens is 412 g/mol. The van der Waals surface area contributed by atoms with Crippen molar-refractivity contribution in [2.45, 2.75) is 31.5 Å². The van der Waals surface area contributed by atoms with Gasteiger partial charge in [0.25, 0.3) is 0 Å². The van der Waals surface area contributed by atoms with Crippen LogP contribution < -0.4 is 15.8 Å². The second-order valence-corrected chi connectivity index (χ2v) is 7.84. The van der Waals surface area contributed by atoms with Crippen LogP contribution >= 0.6 is 0 Å². The first kappa shape index (κ1) is 20.4.